The monoisotopic (exact) mass is 292 g/mol. The van der Waals surface area contributed by atoms with Crippen molar-refractivity contribution in [1.82, 2.24) is 5.32 Å². The minimum absolute atomic E-state index is 0.0467. The number of carboxylic acid groups (broad SMARTS) is 1. The average Bonchev–Trinajstić information content (AvgIpc) is 2.50. The first-order valence-corrected chi connectivity index (χ1v) is 7.00. The molecule has 21 heavy (non-hydrogen) atoms. The van der Waals surface area contributed by atoms with Crippen molar-refractivity contribution in [1.29, 1.82) is 0 Å². The Kier molecular flexibility index (Phi) is 5.30. The number of ether oxygens (including phenoxy) is 1. The number of benzene rings is 1. The fourth-order valence-corrected chi connectivity index (χ4v) is 2.55. The van der Waals surface area contributed by atoms with Gasteiger partial charge in [-0.15, -0.1) is 0 Å². The number of methoxy groups -OCH3 is 1. The predicted molar refractivity (Wildman–Crippen MR) is 78.8 cm³/mol. The van der Waals surface area contributed by atoms with E-state index in [1.54, 1.807) is 24.1 Å². The number of amides is 1. The minimum Gasteiger partial charge on any atom is -0.478 e. The SMILES string of the molecule is COCCNCC(=O)N1CCCc2c(C(=O)O)cccc21. The second kappa shape index (κ2) is 7.19. The number of hydrogen-bond acceptors (Lipinski definition) is 4. The van der Waals surface area contributed by atoms with Crippen molar-refractivity contribution < 1.29 is 19.4 Å². The smallest absolute Gasteiger partial charge is 0.336 e. The van der Waals surface area contributed by atoms with Gasteiger partial charge in [-0.1, -0.05) is 6.07 Å². The highest BCUT2D eigenvalue weighted by atomic mass is 16.5. The molecule has 1 aliphatic heterocycles. The van der Waals surface area contributed by atoms with Gasteiger partial charge in [0.05, 0.1) is 18.7 Å². The third-order valence-electron chi connectivity index (χ3n) is 3.54. The second-order valence-electron chi connectivity index (χ2n) is 4.93. The van der Waals surface area contributed by atoms with Crippen LogP contribution in [0.2, 0.25) is 0 Å². The van der Waals surface area contributed by atoms with Crippen molar-refractivity contribution in [2.45, 2.75) is 12.8 Å². The molecule has 0 unspecified atom stereocenters. The topological polar surface area (TPSA) is 78.9 Å². The van der Waals surface area contributed by atoms with Crippen molar-refractivity contribution >= 4 is 17.6 Å². The maximum absolute atomic E-state index is 12.3. The first kappa shape index (κ1) is 15.5. The molecule has 2 N–H and O–H groups in total. The van der Waals surface area contributed by atoms with Gasteiger partial charge in [0, 0.05) is 25.9 Å². The lowest BCUT2D eigenvalue weighted by molar-refractivity contribution is -0.117. The van der Waals surface area contributed by atoms with Crippen LogP contribution in [-0.4, -0.2) is 50.3 Å². The summed E-state index contributed by atoms with van der Waals surface area (Å²) in [5.41, 5.74) is 1.76. The third kappa shape index (κ3) is 3.59. The molecule has 1 aromatic carbocycles. The zero-order valence-corrected chi connectivity index (χ0v) is 12.1. The summed E-state index contributed by atoms with van der Waals surface area (Å²) in [6, 6.07) is 5.09. The highest BCUT2D eigenvalue weighted by Gasteiger charge is 2.25. The van der Waals surface area contributed by atoms with Crippen molar-refractivity contribution in [3.63, 3.8) is 0 Å². The van der Waals surface area contributed by atoms with Gasteiger partial charge in [-0.25, -0.2) is 4.79 Å². The van der Waals surface area contributed by atoms with Gasteiger partial charge >= 0.3 is 5.97 Å². The minimum atomic E-state index is -0.945. The lowest BCUT2D eigenvalue weighted by Gasteiger charge is -2.30. The van der Waals surface area contributed by atoms with E-state index in [1.807, 2.05) is 6.07 Å². The molecule has 0 radical (unpaired) electrons. The molecule has 0 saturated carbocycles. The zero-order chi connectivity index (χ0) is 15.2. The Balaban J connectivity index is 2.13. The molecule has 0 spiro atoms. The van der Waals surface area contributed by atoms with E-state index >= 15 is 0 Å². The molecule has 6 nitrogen and oxygen atoms in total. The third-order valence-corrected chi connectivity index (χ3v) is 3.54. The summed E-state index contributed by atoms with van der Waals surface area (Å²) in [7, 11) is 1.61. The molecule has 0 saturated heterocycles. The van der Waals surface area contributed by atoms with Crippen LogP contribution in [-0.2, 0) is 16.0 Å². The first-order chi connectivity index (χ1) is 10.1. The predicted octanol–water partition coefficient (Wildman–Crippen LogP) is 0.900. The molecular weight excluding hydrogens is 272 g/mol. The molecule has 0 atom stereocenters. The summed E-state index contributed by atoms with van der Waals surface area (Å²) < 4.78 is 4.91. The van der Waals surface area contributed by atoms with Gasteiger partial charge < -0.3 is 20.1 Å². The van der Waals surface area contributed by atoms with Gasteiger partial charge in [-0.05, 0) is 30.5 Å². The van der Waals surface area contributed by atoms with Crippen molar-refractivity contribution in [3.05, 3.63) is 29.3 Å². The Morgan fingerprint density at radius 1 is 1.43 bits per heavy atom. The number of carboxylic acids is 1. The lowest BCUT2D eigenvalue weighted by Crippen LogP contribution is -2.42. The highest BCUT2D eigenvalue weighted by molar-refractivity contribution is 5.99. The van der Waals surface area contributed by atoms with Gasteiger partial charge in [0.2, 0.25) is 5.91 Å². The van der Waals surface area contributed by atoms with E-state index < -0.39 is 5.97 Å². The molecule has 1 amide bonds. The van der Waals surface area contributed by atoms with Crippen LogP contribution < -0.4 is 10.2 Å². The molecule has 1 aromatic rings. The number of nitrogens with one attached hydrogen (secondary N) is 1. The van der Waals surface area contributed by atoms with E-state index in [4.69, 9.17) is 4.74 Å². The average molecular weight is 292 g/mol. The number of fused-ring (bicyclic) bond motifs is 1. The van der Waals surface area contributed by atoms with Crippen LogP contribution in [0.5, 0.6) is 0 Å². The van der Waals surface area contributed by atoms with E-state index in [2.05, 4.69) is 5.32 Å². The van der Waals surface area contributed by atoms with Crippen LogP contribution in [0.15, 0.2) is 18.2 Å². The standard InChI is InChI=1S/C15H20N2O4/c1-21-9-7-16-10-14(18)17-8-3-5-11-12(15(19)20)4-2-6-13(11)17/h2,4,6,16H,3,5,7-10H2,1H3,(H,19,20). The Hall–Kier alpha value is -1.92. The lowest BCUT2D eigenvalue weighted by atomic mass is 9.96. The van der Waals surface area contributed by atoms with Gasteiger partial charge in [0.15, 0.2) is 0 Å². The van der Waals surface area contributed by atoms with Gasteiger partial charge in [0.1, 0.15) is 0 Å². The number of aromatic carboxylic acids is 1. The van der Waals surface area contributed by atoms with E-state index in [-0.39, 0.29) is 18.0 Å². The Labute approximate surface area is 123 Å². The van der Waals surface area contributed by atoms with Crippen LogP contribution in [0.25, 0.3) is 0 Å². The van der Waals surface area contributed by atoms with E-state index in [9.17, 15) is 14.7 Å². The van der Waals surface area contributed by atoms with Crippen molar-refractivity contribution in [2.75, 3.05) is 38.3 Å². The number of hydrogen-bond donors (Lipinski definition) is 2. The Morgan fingerprint density at radius 3 is 2.95 bits per heavy atom. The molecule has 1 heterocycles. The second-order valence-corrected chi connectivity index (χ2v) is 4.93. The first-order valence-electron chi connectivity index (χ1n) is 7.00. The summed E-state index contributed by atoms with van der Waals surface area (Å²) in [5.74, 6) is -0.992. The largest absolute Gasteiger partial charge is 0.478 e. The number of nitrogens with zero attached hydrogens (tertiary/aromatic N) is 1. The summed E-state index contributed by atoms with van der Waals surface area (Å²) in [5, 5.41) is 12.3. The molecular formula is C15H20N2O4. The van der Waals surface area contributed by atoms with Gasteiger partial charge in [-0.2, -0.15) is 0 Å². The molecule has 0 aromatic heterocycles. The zero-order valence-electron chi connectivity index (χ0n) is 12.1. The molecule has 0 bridgehead atoms. The quantitative estimate of drug-likeness (QED) is 0.762. The fraction of sp³-hybridized carbons (Fsp3) is 0.467. The Bertz CT molecular complexity index is 530. The van der Waals surface area contributed by atoms with Crippen LogP contribution in [0, 0.1) is 0 Å². The summed E-state index contributed by atoms with van der Waals surface area (Å²) in [4.78, 5) is 25.2. The summed E-state index contributed by atoms with van der Waals surface area (Å²) >= 11 is 0. The number of anilines is 1. The van der Waals surface area contributed by atoms with E-state index in [0.29, 0.717) is 26.1 Å². The van der Waals surface area contributed by atoms with Crippen LogP contribution in [0.4, 0.5) is 5.69 Å². The molecule has 0 aliphatic carbocycles. The van der Waals surface area contributed by atoms with Crippen molar-refractivity contribution in [2.24, 2.45) is 0 Å². The molecule has 114 valence electrons. The maximum atomic E-state index is 12.3. The Morgan fingerprint density at radius 2 is 2.24 bits per heavy atom. The van der Waals surface area contributed by atoms with Crippen LogP contribution in [0.1, 0.15) is 22.3 Å². The normalized spacial score (nSPS) is 13.9. The maximum Gasteiger partial charge on any atom is 0.336 e. The number of rotatable bonds is 6. The molecule has 1 aliphatic rings. The van der Waals surface area contributed by atoms with Crippen LogP contribution >= 0.6 is 0 Å². The molecule has 0 fully saturated rings. The van der Waals surface area contributed by atoms with E-state index in [1.165, 1.54) is 0 Å². The van der Waals surface area contributed by atoms with Gasteiger partial charge in [0.25, 0.3) is 0 Å². The van der Waals surface area contributed by atoms with Crippen molar-refractivity contribution in [3.8, 4) is 0 Å². The van der Waals surface area contributed by atoms with Crippen LogP contribution in [0.3, 0.4) is 0 Å². The fourth-order valence-electron chi connectivity index (χ4n) is 2.55. The summed E-state index contributed by atoms with van der Waals surface area (Å²) in [6.07, 6.45) is 1.47. The highest BCUT2D eigenvalue weighted by Crippen LogP contribution is 2.29. The molecule has 6 heteroatoms. The van der Waals surface area contributed by atoms with Gasteiger partial charge in [-0.3, -0.25) is 4.79 Å². The number of carbonyl (C=O) groups excluding carboxylic acids is 1. The summed E-state index contributed by atoms with van der Waals surface area (Å²) in [6.45, 7) is 2.01. The molecule has 2 rings (SSSR count). The number of carbonyl (C=O) groups is 2. The van der Waals surface area contributed by atoms with E-state index in [0.717, 1.165) is 17.7 Å².